The molecule has 9 heteroatoms. The number of halogens is 1. The number of fused-ring (bicyclic) bond motifs is 1. The molecule has 170 valence electrons. The summed E-state index contributed by atoms with van der Waals surface area (Å²) in [6.45, 7) is 7.87. The lowest BCUT2D eigenvalue weighted by Crippen LogP contribution is -2.24. The lowest BCUT2D eigenvalue weighted by Gasteiger charge is -2.22. The summed E-state index contributed by atoms with van der Waals surface area (Å²) in [6, 6.07) is 11.2. The number of nitrogens with zero attached hydrogens (tertiary/aromatic N) is 4. The van der Waals surface area contributed by atoms with Crippen molar-refractivity contribution in [3.63, 3.8) is 0 Å². The predicted molar refractivity (Wildman–Crippen MR) is 137 cm³/mol. The number of anilines is 2. The topological polar surface area (TPSA) is 68.1 Å². The molecule has 0 saturated heterocycles. The lowest BCUT2D eigenvalue weighted by atomic mass is 10.1. The average molecular weight is 499 g/mol. The molecule has 2 heterocycles. The van der Waals surface area contributed by atoms with Crippen molar-refractivity contribution in [1.82, 2.24) is 14.5 Å². The summed E-state index contributed by atoms with van der Waals surface area (Å²) in [6.07, 6.45) is 0. The molecule has 0 atom stereocenters. The number of aromatic nitrogens is 3. The molecule has 4 rings (SSSR count). The standard InChI is InChI=1S/C24H23ClN4O2S2/c1-5-28-22(31)18-8-6-7-9-20(18)27-23(28)32-12-17-13-33-24(26-17)29(16(4)30)21-15(3)10-14(2)11-19(21)25/h6-11,13H,5,12H2,1-4H3. The Hall–Kier alpha value is -2.68. The number of para-hydroxylation sites is 1. The van der Waals surface area contributed by atoms with Gasteiger partial charge in [-0.05, 0) is 50.1 Å². The molecule has 0 aliphatic rings. The van der Waals surface area contributed by atoms with Gasteiger partial charge >= 0.3 is 0 Å². The maximum absolute atomic E-state index is 12.8. The van der Waals surface area contributed by atoms with Gasteiger partial charge in [0.05, 0.1) is 27.3 Å². The van der Waals surface area contributed by atoms with E-state index in [-0.39, 0.29) is 11.5 Å². The maximum atomic E-state index is 12.8. The number of carbonyl (C=O) groups is 1. The molecule has 2 aromatic carbocycles. The molecule has 1 amide bonds. The highest BCUT2D eigenvalue weighted by Gasteiger charge is 2.23. The van der Waals surface area contributed by atoms with Crippen molar-refractivity contribution < 1.29 is 4.79 Å². The molecule has 0 aliphatic heterocycles. The zero-order valence-electron chi connectivity index (χ0n) is 18.8. The Morgan fingerprint density at radius 3 is 2.67 bits per heavy atom. The first kappa shape index (κ1) is 23.5. The number of thioether (sulfide) groups is 1. The third kappa shape index (κ3) is 4.69. The molecular formula is C24H23ClN4O2S2. The van der Waals surface area contributed by atoms with E-state index in [0.717, 1.165) is 16.8 Å². The van der Waals surface area contributed by atoms with Crippen LogP contribution in [-0.2, 0) is 17.1 Å². The molecule has 6 nitrogen and oxygen atoms in total. The highest BCUT2D eigenvalue weighted by atomic mass is 35.5. The third-order valence-electron chi connectivity index (χ3n) is 5.16. The van der Waals surface area contributed by atoms with Gasteiger partial charge in [-0.15, -0.1) is 11.3 Å². The molecule has 0 aliphatic carbocycles. The zero-order valence-corrected chi connectivity index (χ0v) is 21.1. The summed E-state index contributed by atoms with van der Waals surface area (Å²) in [5, 5.41) is 4.26. The quantitative estimate of drug-likeness (QED) is 0.236. The second-order valence-corrected chi connectivity index (χ2v) is 9.82. The van der Waals surface area contributed by atoms with Crippen molar-refractivity contribution in [2.75, 3.05) is 4.90 Å². The fourth-order valence-corrected chi connectivity index (χ4v) is 6.06. The summed E-state index contributed by atoms with van der Waals surface area (Å²) in [7, 11) is 0. The van der Waals surface area contributed by atoms with Gasteiger partial charge in [0.25, 0.3) is 5.56 Å². The van der Waals surface area contributed by atoms with Crippen LogP contribution in [0.5, 0.6) is 0 Å². The first-order chi connectivity index (χ1) is 15.8. The molecule has 0 fully saturated rings. The Labute approximate surface area is 205 Å². The van der Waals surface area contributed by atoms with E-state index in [0.29, 0.717) is 44.2 Å². The Kier molecular flexibility index (Phi) is 6.88. The summed E-state index contributed by atoms with van der Waals surface area (Å²) >= 11 is 9.35. The highest BCUT2D eigenvalue weighted by molar-refractivity contribution is 7.98. The van der Waals surface area contributed by atoms with Crippen LogP contribution < -0.4 is 10.5 Å². The number of carbonyl (C=O) groups excluding carboxylic acids is 1. The van der Waals surface area contributed by atoms with Crippen molar-refractivity contribution in [3.8, 4) is 0 Å². The molecule has 0 unspecified atom stereocenters. The third-order valence-corrected chi connectivity index (χ3v) is 7.33. The SMILES string of the molecule is CCn1c(SCc2csc(N(C(C)=O)c3c(C)cc(C)cc3Cl)n2)nc2ccccc2c1=O. The molecule has 0 radical (unpaired) electrons. The van der Waals surface area contributed by atoms with Crippen LogP contribution in [0.3, 0.4) is 0 Å². The van der Waals surface area contributed by atoms with Gasteiger partial charge in [0, 0.05) is 24.6 Å². The molecule has 33 heavy (non-hydrogen) atoms. The second kappa shape index (κ2) is 9.67. The van der Waals surface area contributed by atoms with Gasteiger partial charge in [-0.25, -0.2) is 9.97 Å². The summed E-state index contributed by atoms with van der Waals surface area (Å²) in [5.74, 6) is 0.363. The van der Waals surface area contributed by atoms with Crippen LogP contribution in [0, 0.1) is 13.8 Å². The van der Waals surface area contributed by atoms with Gasteiger partial charge in [0.15, 0.2) is 10.3 Å². The summed E-state index contributed by atoms with van der Waals surface area (Å²) in [4.78, 5) is 36.3. The fraction of sp³-hybridized carbons (Fsp3) is 0.250. The Morgan fingerprint density at radius 1 is 1.21 bits per heavy atom. The van der Waals surface area contributed by atoms with Crippen molar-refractivity contribution in [2.24, 2.45) is 0 Å². The number of hydrogen-bond acceptors (Lipinski definition) is 6. The molecule has 2 aromatic heterocycles. The number of hydrogen-bond donors (Lipinski definition) is 0. The van der Waals surface area contributed by atoms with Gasteiger partial charge < -0.3 is 0 Å². The minimum absolute atomic E-state index is 0.0446. The summed E-state index contributed by atoms with van der Waals surface area (Å²) < 4.78 is 1.68. The molecule has 0 N–H and O–H groups in total. The van der Waals surface area contributed by atoms with Crippen LogP contribution >= 0.6 is 34.7 Å². The van der Waals surface area contributed by atoms with Gasteiger partial charge in [0.1, 0.15) is 0 Å². The van der Waals surface area contributed by atoms with E-state index in [9.17, 15) is 9.59 Å². The van der Waals surface area contributed by atoms with E-state index in [1.54, 1.807) is 15.5 Å². The van der Waals surface area contributed by atoms with Gasteiger partial charge in [0.2, 0.25) is 5.91 Å². The van der Waals surface area contributed by atoms with Crippen LogP contribution in [0.1, 0.15) is 30.7 Å². The van der Waals surface area contributed by atoms with Gasteiger partial charge in [-0.2, -0.15) is 0 Å². The highest BCUT2D eigenvalue weighted by Crippen LogP contribution is 2.38. The average Bonchev–Trinajstić information content (AvgIpc) is 3.23. The Balaban J connectivity index is 1.63. The lowest BCUT2D eigenvalue weighted by molar-refractivity contribution is -0.115. The minimum atomic E-state index is -0.159. The van der Waals surface area contributed by atoms with E-state index in [4.69, 9.17) is 21.6 Å². The molecule has 4 aromatic rings. The smallest absolute Gasteiger partial charge is 0.262 e. The molecule has 0 saturated carbocycles. The van der Waals surface area contributed by atoms with Crippen LogP contribution in [0.4, 0.5) is 10.8 Å². The maximum Gasteiger partial charge on any atom is 0.262 e. The van der Waals surface area contributed by atoms with Gasteiger partial charge in [-0.3, -0.25) is 19.1 Å². The second-order valence-electron chi connectivity index (χ2n) is 7.64. The van der Waals surface area contributed by atoms with Crippen molar-refractivity contribution >= 4 is 62.3 Å². The molecule has 0 bridgehead atoms. The number of benzene rings is 2. The number of thiazole rings is 1. The van der Waals surface area contributed by atoms with Crippen LogP contribution in [-0.4, -0.2) is 20.4 Å². The van der Waals surface area contributed by atoms with Crippen molar-refractivity contribution in [1.29, 1.82) is 0 Å². The first-order valence-electron chi connectivity index (χ1n) is 10.4. The van der Waals surface area contributed by atoms with Crippen molar-refractivity contribution in [2.45, 2.75) is 45.1 Å². The molecular weight excluding hydrogens is 476 g/mol. The minimum Gasteiger partial charge on any atom is -0.287 e. The van der Waals surface area contributed by atoms with Gasteiger partial charge in [-0.1, -0.05) is 41.6 Å². The van der Waals surface area contributed by atoms with E-state index < -0.39 is 0 Å². The van der Waals surface area contributed by atoms with E-state index >= 15 is 0 Å². The van der Waals surface area contributed by atoms with E-state index in [2.05, 4.69) is 0 Å². The number of aryl methyl sites for hydroxylation is 2. The Morgan fingerprint density at radius 2 is 1.97 bits per heavy atom. The first-order valence-corrected chi connectivity index (χ1v) is 12.7. The Bertz CT molecular complexity index is 1390. The molecule has 0 spiro atoms. The largest absolute Gasteiger partial charge is 0.287 e. The monoisotopic (exact) mass is 498 g/mol. The zero-order chi connectivity index (χ0) is 23.7. The van der Waals surface area contributed by atoms with E-state index in [1.807, 2.05) is 56.5 Å². The predicted octanol–water partition coefficient (Wildman–Crippen LogP) is 6.12. The summed E-state index contributed by atoms with van der Waals surface area (Å²) in [5.41, 5.74) is 4.04. The number of rotatable bonds is 6. The number of amides is 1. The van der Waals surface area contributed by atoms with E-state index in [1.165, 1.54) is 30.0 Å². The van der Waals surface area contributed by atoms with Crippen LogP contribution in [0.25, 0.3) is 10.9 Å². The normalized spacial score (nSPS) is 11.2. The van der Waals surface area contributed by atoms with Crippen molar-refractivity contribution in [3.05, 3.63) is 74.0 Å². The fourth-order valence-electron chi connectivity index (χ4n) is 3.72. The van der Waals surface area contributed by atoms with Crippen LogP contribution in [0.2, 0.25) is 5.02 Å². The van der Waals surface area contributed by atoms with Crippen LogP contribution in [0.15, 0.2) is 51.7 Å².